The molecule has 2 rings (SSSR count). The van der Waals surface area contributed by atoms with E-state index in [1.807, 2.05) is 0 Å². The van der Waals surface area contributed by atoms with Crippen molar-refractivity contribution in [3.8, 4) is 0 Å². The maximum absolute atomic E-state index is 2.74. The van der Waals surface area contributed by atoms with Crippen LogP contribution in [0, 0.1) is 0 Å². The standard InChI is InChI=1S/C13H27N3/c1-14-7-8-15(2)10-12-16(11-9-14)13-5-3-4-6-13/h13H,3-12H2,1-2H3. The summed E-state index contributed by atoms with van der Waals surface area (Å²) in [7, 11) is 4.51. The highest BCUT2D eigenvalue weighted by atomic mass is 15.3. The van der Waals surface area contributed by atoms with Gasteiger partial charge in [-0.2, -0.15) is 0 Å². The van der Waals surface area contributed by atoms with Crippen molar-refractivity contribution < 1.29 is 0 Å². The van der Waals surface area contributed by atoms with Gasteiger partial charge in [-0.05, 0) is 26.9 Å². The molecule has 1 saturated carbocycles. The topological polar surface area (TPSA) is 9.72 Å². The Hall–Kier alpha value is -0.120. The zero-order valence-electron chi connectivity index (χ0n) is 11.0. The highest BCUT2D eigenvalue weighted by Crippen LogP contribution is 2.23. The fraction of sp³-hybridized carbons (Fsp3) is 1.00. The van der Waals surface area contributed by atoms with E-state index in [0.29, 0.717) is 0 Å². The van der Waals surface area contributed by atoms with Gasteiger partial charge in [0.2, 0.25) is 0 Å². The molecule has 3 nitrogen and oxygen atoms in total. The Morgan fingerprint density at radius 3 is 1.62 bits per heavy atom. The summed E-state index contributed by atoms with van der Waals surface area (Å²) in [6.07, 6.45) is 5.78. The van der Waals surface area contributed by atoms with Crippen LogP contribution in [0.15, 0.2) is 0 Å². The smallest absolute Gasteiger partial charge is 0.0113 e. The minimum Gasteiger partial charge on any atom is -0.304 e. The van der Waals surface area contributed by atoms with E-state index in [1.165, 1.54) is 65.0 Å². The highest BCUT2D eigenvalue weighted by Gasteiger charge is 2.23. The van der Waals surface area contributed by atoms with E-state index in [4.69, 9.17) is 0 Å². The Morgan fingerprint density at radius 1 is 0.688 bits per heavy atom. The molecule has 1 aliphatic carbocycles. The van der Waals surface area contributed by atoms with Crippen LogP contribution in [0.2, 0.25) is 0 Å². The van der Waals surface area contributed by atoms with Crippen LogP contribution in [-0.4, -0.2) is 74.1 Å². The highest BCUT2D eigenvalue weighted by molar-refractivity contribution is 4.79. The third-order valence-corrected chi connectivity index (χ3v) is 4.24. The van der Waals surface area contributed by atoms with Crippen molar-refractivity contribution in [2.45, 2.75) is 31.7 Å². The Balaban J connectivity index is 1.89. The quantitative estimate of drug-likeness (QED) is 0.662. The van der Waals surface area contributed by atoms with Crippen molar-refractivity contribution in [3.63, 3.8) is 0 Å². The second kappa shape index (κ2) is 5.99. The molecule has 94 valence electrons. The third-order valence-electron chi connectivity index (χ3n) is 4.24. The molecule has 0 N–H and O–H groups in total. The first-order chi connectivity index (χ1) is 7.75. The number of hydrogen-bond acceptors (Lipinski definition) is 3. The SMILES string of the molecule is CN1CCN(C)CCN(C2CCCC2)CC1. The molecule has 0 aromatic carbocycles. The Bertz CT molecular complexity index is 187. The number of likely N-dealkylation sites (N-methyl/N-ethyl adjacent to an activating group) is 2. The molecule has 0 amide bonds. The molecule has 0 atom stereocenters. The second-order valence-corrected chi connectivity index (χ2v) is 5.58. The molecule has 3 heteroatoms. The maximum atomic E-state index is 2.74. The Morgan fingerprint density at radius 2 is 1.12 bits per heavy atom. The van der Waals surface area contributed by atoms with Gasteiger partial charge in [-0.15, -0.1) is 0 Å². The van der Waals surface area contributed by atoms with Gasteiger partial charge in [-0.1, -0.05) is 12.8 Å². The van der Waals surface area contributed by atoms with Gasteiger partial charge in [0.25, 0.3) is 0 Å². The first-order valence-electron chi connectivity index (χ1n) is 6.87. The van der Waals surface area contributed by atoms with Gasteiger partial charge in [0.05, 0.1) is 0 Å². The Labute approximate surface area is 100 Å². The molecule has 0 bridgehead atoms. The fourth-order valence-electron chi connectivity index (χ4n) is 2.91. The molecular formula is C13H27N3. The average molecular weight is 225 g/mol. The average Bonchev–Trinajstić information content (AvgIpc) is 2.79. The number of nitrogens with zero attached hydrogens (tertiary/aromatic N) is 3. The van der Waals surface area contributed by atoms with Gasteiger partial charge in [0.1, 0.15) is 0 Å². The molecule has 16 heavy (non-hydrogen) atoms. The molecule has 0 aromatic rings. The first-order valence-corrected chi connectivity index (χ1v) is 6.87. The van der Waals surface area contributed by atoms with E-state index in [-0.39, 0.29) is 0 Å². The fourth-order valence-corrected chi connectivity index (χ4v) is 2.91. The van der Waals surface area contributed by atoms with Gasteiger partial charge >= 0.3 is 0 Å². The molecule has 1 heterocycles. The van der Waals surface area contributed by atoms with Crippen molar-refractivity contribution in [2.24, 2.45) is 0 Å². The van der Waals surface area contributed by atoms with Crippen LogP contribution in [-0.2, 0) is 0 Å². The molecule has 0 spiro atoms. The van der Waals surface area contributed by atoms with Crippen molar-refractivity contribution in [1.29, 1.82) is 0 Å². The minimum atomic E-state index is 0.889. The van der Waals surface area contributed by atoms with E-state index in [9.17, 15) is 0 Å². The molecule has 1 aliphatic heterocycles. The van der Waals surface area contributed by atoms with E-state index < -0.39 is 0 Å². The van der Waals surface area contributed by atoms with Crippen LogP contribution in [0.1, 0.15) is 25.7 Å². The summed E-state index contributed by atoms with van der Waals surface area (Å²) in [5, 5.41) is 0. The van der Waals surface area contributed by atoms with Crippen molar-refractivity contribution >= 4 is 0 Å². The number of rotatable bonds is 1. The summed E-state index contributed by atoms with van der Waals surface area (Å²) in [5.74, 6) is 0. The van der Waals surface area contributed by atoms with E-state index in [1.54, 1.807) is 0 Å². The Kier molecular flexibility index (Phi) is 4.62. The van der Waals surface area contributed by atoms with Crippen LogP contribution < -0.4 is 0 Å². The van der Waals surface area contributed by atoms with Crippen molar-refractivity contribution in [2.75, 3.05) is 53.4 Å². The summed E-state index contributed by atoms with van der Waals surface area (Å²) in [5.41, 5.74) is 0. The van der Waals surface area contributed by atoms with E-state index in [0.717, 1.165) is 6.04 Å². The van der Waals surface area contributed by atoms with Gasteiger partial charge in [0, 0.05) is 45.3 Å². The largest absolute Gasteiger partial charge is 0.304 e. The van der Waals surface area contributed by atoms with Crippen LogP contribution >= 0.6 is 0 Å². The van der Waals surface area contributed by atoms with Gasteiger partial charge in [-0.25, -0.2) is 0 Å². The second-order valence-electron chi connectivity index (χ2n) is 5.58. The lowest BCUT2D eigenvalue weighted by Crippen LogP contribution is -2.40. The normalized spacial score (nSPS) is 28.9. The number of hydrogen-bond donors (Lipinski definition) is 0. The lowest BCUT2D eigenvalue weighted by Gasteiger charge is -2.29. The predicted molar refractivity (Wildman–Crippen MR) is 68.8 cm³/mol. The molecule has 2 aliphatic rings. The molecule has 0 unspecified atom stereocenters. The van der Waals surface area contributed by atoms with Crippen molar-refractivity contribution in [3.05, 3.63) is 0 Å². The summed E-state index contributed by atoms with van der Waals surface area (Å²) in [6.45, 7) is 7.46. The summed E-state index contributed by atoms with van der Waals surface area (Å²) in [4.78, 5) is 7.69. The summed E-state index contributed by atoms with van der Waals surface area (Å²) < 4.78 is 0. The third kappa shape index (κ3) is 3.44. The van der Waals surface area contributed by atoms with E-state index in [2.05, 4.69) is 28.8 Å². The molecule has 1 saturated heterocycles. The maximum Gasteiger partial charge on any atom is 0.0113 e. The summed E-state index contributed by atoms with van der Waals surface area (Å²) in [6, 6.07) is 0.889. The summed E-state index contributed by atoms with van der Waals surface area (Å²) >= 11 is 0. The monoisotopic (exact) mass is 225 g/mol. The predicted octanol–water partition coefficient (Wildman–Crippen LogP) is 1.11. The molecule has 2 fully saturated rings. The van der Waals surface area contributed by atoms with Gasteiger partial charge < -0.3 is 9.80 Å². The lowest BCUT2D eigenvalue weighted by atomic mass is 10.2. The first kappa shape index (κ1) is 12.3. The lowest BCUT2D eigenvalue weighted by molar-refractivity contribution is 0.175. The van der Waals surface area contributed by atoms with Crippen LogP contribution in [0.25, 0.3) is 0 Å². The van der Waals surface area contributed by atoms with Crippen LogP contribution in [0.5, 0.6) is 0 Å². The van der Waals surface area contributed by atoms with Crippen LogP contribution in [0.3, 0.4) is 0 Å². The zero-order valence-corrected chi connectivity index (χ0v) is 11.0. The van der Waals surface area contributed by atoms with Crippen molar-refractivity contribution in [1.82, 2.24) is 14.7 Å². The minimum absolute atomic E-state index is 0.889. The van der Waals surface area contributed by atoms with E-state index >= 15 is 0 Å². The molecule has 0 radical (unpaired) electrons. The zero-order chi connectivity index (χ0) is 11.4. The molecule has 0 aromatic heterocycles. The molecular weight excluding hydrogens is 198 g/mol. The van der Waals surface area contributed by atoms with Gasteiger partial charge in [0.15, 0.2) is 0 Å². The van der Waals surface area contributed by atoms with Crippen LogP contribution in [0.4, 0.5) is 0 Å². The van der Waals surface area contributed by atoms with Gasteiger partial charge in [-0.3, -0.25) is 4.90 Å².